The molecule has 114 valence electrons. The first-order valence-electron chi connectivity index (χ1n) is 5.76. The Bertz CT molecular complexity index is 668. The molecule has 9 heteroatoms. The van der Waals surface area contributed by atoms with Gasteiger partial charge in [-0.2, -0.15) is 0 Å². The smallest absolute Gasteiger partial charge is 0.244 e. The Morgan fingerprint density at radius 1 is 1.25 bits per heavy atom. The normalized spacial score (nSPS) is 12.3. The molecule has 0 fully saturated rings. The molecule has 1 rings (SSSR count). The van der Waals surface area contributed by atoms with Gasteiger partial charge in [-0.3, -0.25) is 0 Å². The lowest BCUT2D eigenvalue weighted by Gasteiger charge is -2.11. The second kappa shape index (κ2) is 6.42. The summed E-state index contributed by atoms with van der Waals surface area (Å²) in [5, 5.41) is 0. The predicted octanol–water partition coefficient (Wildman–Crippen LogP) is -0.00960. The van der Waals surface area contributed by atoms with Gasteiger partial charge in [-0.05, 0) is 18.6 Å². The van der Waals surface area contributed by atoms with E-state index in [-0.39, 0.29) is 29.4 Å². The Hall–Kier alpha value is -1.32. The van der Waals surface area contributed by atoms with E-state index in [2.05, 4.69) is 4.72 Å². The summed E-state index contributed by atoms with van der Waals surface area (Å²) in [6.45, 7) is 0.0307. The second-order valence-corrected chi connectivity index (χ2v) is 8.29. The zero-order valence-corrected chi connectivity index (χ0v) is 12.9. The minimum absolute atomic E-state index is 0.0307. The van der Waals surface area contributed by atoms with Crippen molar-refractivity contribution in [2.24, 2.45) is 0 Å². The van der Waals surface area contributed by atoms with Crippen molar-refractivity contribution in [3.05, 3.63) is 18.2 Å². The Kier molecular flexibility index (Phi) is 5.37. The molecule has 0 saturated heterocycles. The minimum Gasteiger partial charge on any atom is -0.495 e. The van der Waals surface area contributed by atoms with Gasteiger partial charge in [0.25, 0.3) is 0 Å². The van der Waals surface area contributed by atoms with Crippen molar-refractivity contribution >= 4 is 25.5 Å². The van der Waals surface area contributed by atoms with Gasteiger partial charge < -0.3 is 10.5 Å². The third-order valence-corrected chi connectivity index (χ3v) is 4.99. The van der Waals surface area contributed by atoms with Crippen LogP contribution in [0.2, 0.25) is 0 Å². The fourth-order valence-corrected chi connectivity index (χ4v) is 3.42. The van der Waals surface area contributed by atoms with Gasteiger partial charge in [0.1, 0.15) is 20.5 Å². The number of sulfonamides is 1. The highest BCUT2D eigenvalue weighted by Gasteiger charge is 2.19. The zero-order valence-electron chi connectivity index (χ0n) is 11.3. The molecule has 0 aliphatic carbocycles. The van der Waals surface area contributed by atoms with E-state index in [9.17, 15) is 16.8 Å². The van der Waals surface area contributed by atoms with Crippen LogP contribution >= 0.6 is 0 Å². The molecule has 0 amide bonds. The Balaban J connectivity index is 2.79. The maximum atomic E-state index is 12.1. The number of anilines is 1. The van der Waals surface area contributed by atoms with E-state index in [1.54, 1.807) is 0 Å². The van der Waals surface area contributed by atoms with Crippen molar-refractivity contribution < 1.29 is 21.6 Å². The first kappa shape index (κ1) is 16.7. The van der Waals surface area contributed by atoms with Crippen molar-refractivity contribution in [2.75, 3.05) is 31.4 Å². The molecule has 0 saturated carbocycles. The standard InChI is InChI=1S/C11H18N2O5S2/c1-18-10-8-9(12)4-5-11(10)20(16,17)13-6-3-7-19(2,14)15/h4-5,8,13H,3,6-7,12H2,1-2H3. The lowest BCUT2D eigenvalue weighted by Crippen LogP contribution is -2.26. The van der Waals surface area contributed by atoms with E-state index < -0.39 is 19.9 Å². The van der Waals surface area contributed by atoms with Gasteiger partial charge in [0, 0.05) is 24.6 Å². The molecular formula is C11H18N2O5S2. The summed E-state index contributed by atoms with van der Waals surface area (Å²) in [4.78, 5) is -0.0337. The average molecular weight is 322 g/mol. The molecule has 1 aromatic rings. The van der Waals surface area contributed by atoms with Crippen molar-refractivity contribution in [2.45, 2.75) is 11.3 Å². The summed E-state index contributed by atoms with van der Waals surface area (Å²) < 4.78 is 53.3. The van der Waals surface area contributed by atoms with E-state index >= 15 is 0 Å². The molecule has 0 radical (unpaired) electrons. The fraction of sp³-hybridized carbons (Fsp3) is 0.455. The van der Waals surface area contributed by atoms with Crippen LogP contribution in [0, 0.1) is 0 Å². The molecule has 0 aliphatic heterocycles. The molecular weight excluding hydrogens is 304 g/mol. The van der Waals surface area contributed by atoms with Crippen LogP contribution in [0.3, 0.4) is 0 Å². The summed E-state index contributed by atoms with van der Waals surface area (Å²) in [6.07, 6.45) is 1.31. The summed E-state index contributed by atoms with van der Waals surface area (Å²) in [5.74, 6) is 0.0644. The van der Waals surface area contributed by atoms with Gasteiger partial charge in [0.2, 0.25) is 10.0 Å². The molecule has 0 bridgehead atoms. The van der Waals surface area contributed by atoms with Crippen LogP contribution in [0.5, 0.6) is 5.75 Å². The number of benzene rings is 1. The van der Waals surface area contributed by atoms with E-state index in [1.807, 2.05) is 0 Å². The third kappa shape index (κ3) is 4.99. The SMILES string of the molecule is COc1cc(N)ccc1S(=O)(=O)NCCCS(C)(=O)=O. The zero-order chi connectivity index (χ0) is 15.4. The summed E-state index contributed by atoms with van der Waals surface area (Å²) in [5.41, 5.74) is 5.94. The molecule has 0 heterocycles. The highest BCUT2D eigenvalue weighted by Crippen LogP contribution is 2.25. The summed E-state index contributed by atoms with van der Waals surface area (Å²) in [6, 6.07) is 4.20. The number of nitrogens with two attached hydrogens (primary N) is 1. The van der Waals surface area contributed by atoms with Gasteiger partial charge in [-0.15, -0.1) is 0 Å². The minimum atomic E-state index is -3.76. The highest BCUT2D eigenvalue weighted by atomic mass is 32.2. The van der Waals surface area contributed by atoms with Gasteiger partial charge in [-0.25, -0.2) is 21.6 Å². The molecule has 0 aliphatic rings. The van der Waals surface area contributed by atoms with Gasteiger partial charge in [-0.1, -0.05) is 0 Å². The van der Waals surface area contributed by atoms with Gasteiger partial charge >= 0.3 is 0 Å². The fourth-order valence-electron chi connectivity index (χ4n) is 1.52. The number of methoxy groups -OCH3 is 1. The average Bonchev–Trinajstić information content (AvgIpc) is 2.33. The van der Waals surface area contributed by atoms with Crippen LogP contribution < -0.4 is 15.2 Å². The van der Waals surface area contributed by atoms with Crippen molar-refractivity contribution in [3.63, 3.8) is 0 Å². The molecule has 0 spiro atoms. The number of rotatable bonds is 7. The van der Waals surface area contributed by atoms with Crippen LogP contribution in [0.4, 0.5) is 5.69 Å². The number of hydrogen-bond acceptors (Lipinski definition) is 6. The summed E-state index contributed by atoms with van der Waals surface area (Å²) >= 11 is 0. The summed E-state index contributed by atoms with van der Waals surface area (Å²) in [7, 11) is -5.52. The van der Waals surface area contributed by atoms with Crippen LogP contribution in [-0.4, -0.2) is 42.5 Å². The van der Waals surface area contributed by atoms with Gasteiger partial charge in [0.05, 0.1) is 12.9 Å². The topological polar surface area (TPSA) is 116 Å². The molecule has 0 aromatic heterocycles. The lowest BCUT2D eigenvalue weighted by molar-refractivity contribution is 0.402. The maximum absolute atomic E-state index is 12.1. The Morgan fingerprint density at radius 2 is 1.90 bits per heavy atom. The molecule has 3 N–H and O–H groups in total. The largest absolute Gasteiger partial charge is 0.495 e. The molecule has 7 nitrogen and oxygen atoms in total. The van der Waals surface area contributed by atoms with Crippen LogP contribution in [0.1, 0.15) is 6.42 Å². The van der Waals surface area contributed by atoms with Gasteiger partial charge in [0.15, 0.2) is 0 Å². The number of nitrogen functional groups attached to an aromatic ring is 1. The molecule has 0 unspecified atom stereocenters. The van der Waals surface area contributed by atoms with E-state index in [0.717, 1.165) is 6.26 Å². The predicted molar refractivity (Wildman–Crippen MR) is 76.9 cm³/mol. The Morgan fingerprint density at radius 3 is 2.45 bits per heavy atom. The monoisotopic (exact) mass is 322 g/mol. The van der Waals surface area contributed by atoms with Crippen molar-refractivity contribution in [3.8, 4) is 5.75 Å². The second-order valence-electron chi connectivity index (χ2n) is 4.29. The van der Waals surface area contributed by atoms with E-state index in [4.69, 9.17) is 10.5 Å². The highest BCUT2D eigenvalue weighted by molar-refractivity contribution is 7.90. The third-order valence-electron chi connectivity index (χ3n) is 2.46. The van der Waals surface area contributed by atoms with Crippen LogP contribution in [0.25, 0.3) is 0 Å². The molecule has 0 atom stereocenters. The number of hydrogen-bond donors (Lipinski definition) is 2. The van der Waals surface area contributed by atoms with E-state index in [0.29, 0.717) is 5.69 Å². The van der Waals surface area contributed by atoms with Crippen LogP contribution in [-0.2, 0) is 19.9 Å². The number of nitrogens with one attached hydrogen (secondary N) is 1. The lowest BCUT2D eigenvalue weighted by atomic mass is 10.3. The maximum Gasteiger partial charge on any atom is 0.244 e. The number of sulfone groups is 1. The number of ether oxygens (including phenoxy) is 1. The first-order valence-corrected chi connectivity index (χ1v) is 9.31. The van der Waals surface area contributed by atoms with E-state index in [1.165, 1.54) is 25.3 Å². The van der Waals surface area contributed by atoms with Crippen molar-refractivity contribution in [1.29, 1.82) is 0 Å². The molecule has 1 aromatic carbocycles. The quantitative estimate of drug-likeness (QED) is 0.539. The first-order chi connectivity index (χ1) is 9.15. The molecule has 20 heavy (non-hydrogen) atoms. The van der Waals surface area contributed by atoms with Crippen LogP contribution in [0.15, 0.2) is 23.1 Å². The van der Waals surface area contributed by atoms with Crippen molar-refractivity contribution in [1.82, 2.24) is 4.72 Å². The Labute approximate surface area is 119 Å².